The summed E-state index contributed by atoms with van der Waals surface area (Å²) in [6, 6.07) is 15.6. The topological polar surface area (TPSA) is 80.8 Å². The van der Waals surface area contributed by atoms with Crippen molar-refractivity contribution in [3.8, 4) is 39.2 Å². The number of imidazole rings is 1. The second-order valence-electron chi connectivity index (χ2n) is 11.3. The van der Waals surface area contributed by atoms with Crippen LogP contribution in [0.15, 0.2) is 54.7 Å². The molecule has 0 atom stereocenters. The first-order valence-electron chi connectivity index (χ1n) is 14.8. The molecule has 1 amide bonds. The number of fused-ring (bicyclic) bond motifs is 1. The summed E-state index contributed by atoms with van der Waals surface area (Å²) in [5.41, 5.74) is 5.81. The van der Waals surface area contributed by atoms with Crippen LogP contribution in [0.25, 0.3) is 38.7 Å². The van der Waals surface area contributed by atoms with Crippen LogP contribution in [0.1, 0.15) is 23.1 Å². The lowest BCUT2D eigenvalue weighted by Crippen LogP contribution is -2.49. The molecule has 6 rings (SSSR count). The van der Waals surface area contributed by atoms with E-state index in [4.69, 9.17) is 4.98 Å². The predicted octanol–water partition coefficient (Wildman–Crippen LogP) is 6.02. The standard InChI is InChI=1S/C34H33F2N7OS/c1-5-27-33(43-19-24(10-13-29(43)38-27)42-16-14-41(15-17-42)20-30(44)40(3)4)26-12-11-25(21(2)31(26)36)34-39-32(28(18-37)45-34)22-6-8-23(35)9-7-22/h6-13,19H,5,14-17,20H2,1-4H3. The summed E-state index contributed by atoms with van der Waals surface area (Å²) in [6.45, 7) is 7.24. The number of carbonyl (C=O) groups is 1. The maximum Gasteiger partial charge on any atom is 0.236 e. The summed E-state index contributed by atoms with van der Waals surface area (Å²) in [4.78, 5) is 28.1. The molecule has 1 aliphatic heterocycles. The van der Waals surface area contributed by atoms with Gasteiger partial charge in [0.25, 0.3) is 0 Å². The van der Waals surface area contributed by atoms with Crippen molar-refractivity contribution in [2.75, 3.05) is 51.7 Å². The fourth-order valence-electron chi connectivity index (χ4n) is 5.71. The molecule has 2 aromatic carbocycles. The number of thiazole rings is 1. The van der Waals surface area contributed by atoms with Crippen molar-refractivity contribution in [3.63, 3.8) is 0 Å². The first-order valence-corrected chi connectivity index (χ1v) is 15.6. The fraction of sp³-hybridized carbons (Fsp3) is 0.294. The van der Waals surface area contributed by atoms with Crippen molar-refractivity contribution in [1.82, 2.24) is 24.2 Å². The van der Waals surface area contributed by atoms with Crippen LogP contribution in [0.5, 0.6) is 0 Å². The van der Waals surface area contributed by atoms with Crippen LogP contribution < -0.4 is 4.90 Å². The highest BCUT2D eigenvalue weighted by atomic mass is 32.1. The summed E-state index contributed by atoms with van der Waals surface area (Å²) < 4.78 is 31.8. The van der Waals surface area contributed by atoms with Crippen LogP contribution in [0.3, 0.4) is 0 Å². The number of aromatic nitrogens is 3. The number of rotatable bonds is 7. The second kappa shape index (κ2) is 12.4. The van der Waals surface area contributed by atoms with Gasteiger partial charge in [-0.05, 0) is 61.4 Å². The zero-order chi connectivity index (χ0) is 31.8. The monoisotopic (exact) mass is 625 g/mol. The Labute approximate surface area is 264 Å². The van der Waals surface area contributed by atoms with Gasteiger partial charge in [-0.25, -0.2) is 18.7 Å². The molecule has 1 aliphatic rings. The molecule has 0 saturated carbocycles. The molecule has 0 aliphatic carbocycles. The molecule has 0 bridgehead atoms. The summed E-state index contributed by atoms with van der Waals surface area (Å²) >= 11 is 1.19. The lowest BCUT2D eigenvalue weighted by Gasteiger charge is -2.36. The molecule has 0 N–H and O–H groups in total. The molecule has 1 fully saturated rings. The van der Waals surface area contributed by atoms with Crippen molar-refractivity contribution >= 4 is 28.6 Å². The number of pyridine rings is 1. The molecule has 5 aromatic rings. The average molecular weight is 626 g/mol. The molecule has 8 nitrogen and oxygen atoms in total. The minimum Gasteiger partial charge on any atom is -0.368 e. The number of nitriles is 1. The molecule has 4 heterocycles. The first kappa shape index (κ1) is 30.4. The van der Waals surface area contributed by atoms with Gasteiger partial charge in [0.05, 0.1) is 29.3 Å². The Balaban J connectivity index is 1.33. The Kier molecular flexibility index (Phi) is 8.36. The molecule has 11 heteroatoms. The van der Waals surface area contributed by atoms with E-state index in [-0.39, 0.29) is 17.5 Å². The lowest BCUT2D eigenvalue weighted by atomic mass is 10.0. The van der Waals surface area contributed by atoms with Crippen molar-refractivity contribution in [1.29, 1.82) is 5.26 Å². The van der Waals surface area contributed by atoms with Crippen LogP contribution >= 0.6 is 11.3 Å². The van der Waals surface area contributed by atoms with Crippen molar-refractivity contribution < 1.29 is 13.6 Å². The highest BCUT2D eigenvalue weighted by molar-refractivity contribution is 7.16. The molecule has 230 valence electrons. The van der Waals surface area contributed by atoms with Gasteiger partial charge in [-0.3, -0.25) is 14.1 Å². The Morgan fingerprint density at radius 3 is 2.38 bits per heavy atom. The minimum absolute atomic E-state index is 0.0945. The molecule has 3 aromatic heterocycles. The largest absolute Gasteiger partial charge is 0.368 e. The third-order valence-corrected chi connectivity index (χ3v) is 9.32. The molecule has 0 unspecified atom stereocenters. The van der Waals surface area contributed by atoms with Gasteiger partial charge in [-0.2, -0.15) is 5.26 Å². The van der Waals surface area contributed by atoms with E-state index in [1.165, 1.54) is 23.5 Å². The van der Waals surface area contributed by atoms with E-state index in [1.807, 2.05) is 35.7 Å². The van der Waals surface area contributed by atoms with E-state index < -0.39 is 0 Å². The number of halogens is 2. The van der Waals surface area contributed by atoms with E-state index in [9.17, 15) is 14.4 Å². The summed E-state index contributed by atoms with van der Waals surface area (Å²) in [7, 11) is 3.54. The minimum atomic E-state index is -0.372. The van der Waals surface area contributed by atoms with Gasteiger partial charge in [0.15, 0.2) is 0 Å². The van der Waals surface area contributed by atoms with E-state index in [0.29, 0.717) is 56.5 Å². The third-order valence-electron chi connectivity index (χ3n) is 8.32. The molecular formula is C34H33F2N7OS. The first-order chi connectivity index (χ1) is 21.7. The number of amides is 1. The number of piperazine rings is 1. The zero-order valence-electron chi connectivity index (χ0n) is 25.6. The molecular weight excluding hydrogens is 592 g/mol. The number of aryl methyl sites for hydroxylation is 1. The number of carbonyl (C=O) groups excluding carboxylic acids is 1. The van der Waals surface area contributed by atoms with Crippen LogP contribution in [0.2, 0.25) is 0 Å². The molecule has 0 radical (unpaired) electrons. The van der Waals surface area contributed by atoms with Gasteiger partial charge >= 0.3 is 0 Å². The van der Waals surface area contributed by atoms with E-state index in [2.05, 4.69) is 20.9 Å². The maximum absolute atomic E-state index is 16.4. The van der Waals surface area contributed by atoms with Crippen molar-refractivity contribution in [2.24, 2.45) is 0 Å². The fourth-order valence-corrected chi connectivity index (χ4v) is 6.68. The average Bonchev–Trinajstić information content (AvgIpc) is 3.64. The zero-order valence-corrected chi connectivity index (χ0v) is 26.5. The highest BCUT2D eigenvalue weighted by Gasteiger charge is 2.24. The van der Waals surface area contributed by atoms with Crippen molar-refractivity contribution in [2.45, 2.75) is 20.3 Å². The second-order valence-corrected chi connectivity index (χ2v) is 12.3. The van der Waals surface area contributed by atoms with Crippen LogP contribution in [-0.4, -0.2) is 76.9 Å². The van der Waals surface area contributed by atoms with Crippen molar-refractivity contribution in [3.05, 3.63) is 82.5 Å². The van der Waals surface area contributed by atoms with Gasteiger partial charge in [0, 0.05) is 63.2 Å². The lowest BCUT2D eigenvalue weighted by molar-refractivity contribution is -0.129. The van der Waals surface area contributed by atoms with Crippen LogP contribution in [0.4, 0.5) is 14.5 Å². The molecule has 0 spiro atoms. The summed E-state index contributed by atoms with van der Waals surface area (Å²) in [5.74, 6) is -0.647. The Bertz CT molecular complexity index is 1930. The smallest absolute Gasteiger partial charge is 0.236 e. The van der Waals surface area contributed by atoms with Gasteiger partial charge in [-0.15, -0.1) is 11.3 Å². The highest BCUT2D eigenvalue weighted by Crippen LogP contribution is 2.39. The number of anilines is 1. The quantitative estimate of drug-likeness (QED) is 0.220. The maximum atomic E-state index is 16.4. The van der Waals surface area contributed by atoms with Crippen LogP contribution in [-0.2, 0) is 11.2 Å². The van der Waals surface area contributed by atoms with Gasteiger partial charge < -0.3 is 9.80 Å². The van der Waals surface area contributed by atoms with Crippen LogP contribution in [0, 0.1) is 29.9 Å². The third kappa shape index (κ3) is 5.79. The van der Waals surface area contributed by atoms with Gasteiger partial charge in [0.1, 0.15) is 33.2 Å². The number of benzene rings is 2. The van der Waals surface area contributed by atoms with E-state index >= 15 is 4.39 Å². The normalized spacial score (nSPS) is 13.8. The number of hydrogen-bond donors (Lipinski definition) is 0. The summed E-state index contributed by atoms with van der Waals surface area (Å²) in [6.07, 6.45) is 2.65. The number of hydrogen-bond acceptors (Lipinski definition) is 7. The number of nitrogens with zero attached hydrogens (tertiary/aromatic N) is 7. The van der Waals surface area contributed by atoms with E-state index in [0.717, 1.165) is 43.2 Å². The van der Waals surface area contributed by atoms with Gasteiger partial charge in [0.2, 0.25) is 5.91 Å². The molecule has 45 heavy (non-hydrogen) atoms. The SMILES string of the molecule is CCc1nc2ccc(N3CCN(CC(=O)N(C)C)CC3)cn2c1-c1ccc(-c2nc(-c3ccc(F)cc3)c(C#N)s2)c(C)c1F. The number of likely N-dealkylation sites (N-methyl/N-ethyl adjacent to an activating group) is 1. The Morgan fingerprint density at radius 2 is 1.71 bits per heavy atom. The Hall–Kier alpha value is -4.66. The molecule has 1 saturated heterocycles. The van der Waals surface area contributed by atoms with Gasteiger partial charge in [-0.1, -0.05) is 13.0 Å². The predicted molar refractivity (Wildman–Crippen MR) is 173 cm³/mol. The summed E-state index contributed by atoms with van der Waals surface area (Å²) in [5, 5.41) is 10.3. The van der Waals surface area contributed by atoms with E-state index in [1.54, 1.807) is 44.1 Å². The Morgan fingerprint density at radius 1 is 1.00 bits per heavy atom.